The zero-order chi connectivity index (χ0) is 40.7. The van der Waals surface area contributed by atoms with Crippen LogP contribution in [0.3, 0.4) is 0 Å². The molecule has 0 spiro atoms. The van der Waals surface area contributed by atoms with Gasteiger partial charge < -0.3 is 35.8 Å². The molecule has 0 aliphatic carbocycles. The van der Waals surface area contributed by atoms with Crippen molar-refractivity contribution in [3.63, 3.8) is 0 Å². The molecule has 306 valence electrons. The number of carbonyl (C=O) groups is 5. The van der Waals surface area contributed by atoms with E-state index >= 15 is 0 Å². The van der Waals surface area contributed by atoms with Gasteiger partial charge >= 0.3 is 12.1 Å². The van der Waals surface area contributed by atoms with Crippen LogP contribution in [-0.4, -0.2) is 88.9 Å². The lowest BCUT2D eigenvalue weighted by Crippen LogP contribution is -2.58. The van der Waals surface area contributed by atoms with Crippen LogP contribution >= 0.6 is 11.8 Å². The summed E-state index contributed by atoms with van der Waals surface area (Å²) in [6.45, 7) is 18.4. The van der Waals surface area contributed by atoms with Gasteiger partial charge in [-0.1, -0.05) is 78.8 Å². The van der Waals surface area contributed by atoms with Crippen molar-refractivity contribution in [2.75, 3.05) is 12.0 Å². The average Bonchev–Trinajstić information content (AvgIpc) is 3.06. The first-order valence-corrected chi connectivity index (χ1v) is 20.9. The molecule has 0 radical (unpaired) electrons. The molecule has 1 aromatic carbocycles. The second kappa shape index (κ2) is 22.3. The van der Waals surface area contributed by atoms with Crippen molar-refractivity contribution >= 4 is 41.5 Å². The number of alkyl carbamates (subject to hydrolysis) is 1. The maximum atomic E-state index is 13.8. The summed E-state index contributed by atoms with van der Waals surface area (Å²) in [5.74, 6) is -1.66. The first-order valence-electron chi connectivity index (χ1n) is 19.5. The van der Waals surface area contributed by atoms with Crippen molar-refractivity contribution in [3.8, 4) is 0 Å². The average molecular weight is 777 g/mol. The summed E-state index contributed by atoms with van der Waals surface area (Å²) in [7, 11) is 0. The van der Waals surface area contributed by atoms with Crippen LogP contribution in [0.25, 0.3) is 0 Å². The van der Waals surface area contributed by atoms with Crippen molar-refractivity contribution in [2.24, 2.45) is 29.6 Å². The Hall–Kier alpha value is -3.32. The summed E-state index contributed by atoms with van der Waals surface area (Å²) in [6.07, 6.45) is 2.19. The number of hydrogen-bond acceptors (Lipinski definition) is 9. The Morgan fingerprint density at radius 1 is 0.889 bits per heavy atom. The number of thioether (sulfide) groups is 1. The summed E-state index contributed by atoms with van der Waals surface area (Å²) < 4.78 is 11.2. The first-order chi connectivity index (χ1) is 25.2. The molecule has 1 aliphatic heterocycles. The van der Waals surface area contributed by atoms with E-state index < -0.39 is 65.8 Å². The SMILES string of the molecule is CSCC[C@H](NC(=O)[C@@H](NC(=O)OC(C)(C)C)C(C)C)C(=O)N[C@@H](CC(C)C)[C@@H](O)C[C@@H](C)C(=O)N[C@@H](C(C)C)C1CC(Cc2ccccc2)CC(=O)O1. The molecule has 12 nitrogen and oxygen atoms in total. The molecule has 5 N–H and O–H groups in total. The molecule has 2 unspecified atom stereocenters. The molecule has 1 saturated heterocycles. The largest absolute Gasteiger partial charge is 0.460 e. The van der Waals surface area contributed by atoms with Crippen LogP contribution in [0, 0.1) is 29.6 Å². The number of cyclic esters (lactones) is 1. The lowest BCUT2D eigenvalue weighted by Gasteiger charge is -2.37. The van der Waals surface area contributed by atoms with E-state index in [0.29, 0.717) is 31.4 Å². The highest BCUT2D eigenvalue weighted by Gasteiger charge is 2.38. The fraction of sp³-hybridized carbons (Fsp3) is 0.732. The zero-order valence-electron chi connectivity index (χ0n) is 34.4. The summed E-state index contributed by atoms with van der Waals surface area (Å²) in [5, 5.41) is 23.1. The van der Waals surface area contributed by atoms with Gasteiger partial charge in [-0.2, -0.15) is 11.8 Å². The van der Waals surface area contributed by atoms with Gasteiger partial charge in [0.25, 0.3) is 0 Å². The lowest BCUT2D eigenvalue weighted by molar-refractivity contribution is -0.160. The quantitative estimate of drug-likeness (QED) is 0.109. The minimum atomic E-state index is -1.06. The number of ether oxygens (including phenoxy) is 2. The van der Waals surface area contributed by atoms with Crippen LogP contribution in [0.4, 0.5) is 4.79 Å². The third kappa shape index (κ3) is 16.6. The Bertz CT molecular complexity index is 1350. The standard InChI is InChI=1S/C41H68N4O8S/c1-24(2)19-31(43-38(49)30(17-18-54-11)42-39(50)36(26(5)6)45-40(51)53-41(8,9)10)32(46)20-27(7)37(48)44-35(25(3)4)33-22-29(23-34(47)52-33)21-28-15-13-12-14-16-28/h12-16,24-27,29-33,35-36,46H,17-23H2,1-11H3,(H,42,50)(H,43,49)(H,44,48)(H,45,51)/t27-,29?,30+,31+,32+,33?,35+,36+/m1/s1. The van der Waals surface area contributed by atoms with Crippen LogP contribution in [0.5, 0.6) is 0 Å². The van der Waals surface area contributed by atoms with E-state index in [0.717, 1.165) is 12.0 Å². The molecular weight excluding hydrogens is 709 g/mol. The number of hydrogen-bond donors (Lipinski definition) is 5. The third-order valence-corrected chi connectivity index (χ3v) is 10.2. The lowest BCUT2D eigenvalue weighted by atomic mass is 9.84. The Kier molecular flexibility index (Phi) is 19.3. The number of benzene rings is 1. The van der Waals surface area contributed by atoms with Crippen molar-refractivity contribution < 1.29 is 38.6 Å². The van der Waals surface area contributed by atoms with Crippen molar-refractivity contribution in [1.29, 1.82) is 0 Å². The van der Waals surface area contributed by atoms with Crippen LogP contribution in [-0.2, 0) is 35.1 Å². The zero-order valence-corrected chi connectivity index (χ0v) is 35.2. The second-order valence-corrected chi connectivity index (χ2v) is 17.9. The molecule has 54 heavy (non-hydrogen) atoms. The topological polar surface area (TPSA) is 172 Å². The van der Waals surface area contributed by atoms with E-state index in [9.17, 15) is 29.1 Å². The summed E-state index contributed by atoms with van der Waals surface area (Å²) in [6, 6.07) is 7.05. The second-order valence-electron chi connectivity index (χ2n) is 17.0. The van der Waals surface area contributed by atoms with Gasteiger partial charge in [0, 0.05) is 12.3 Å². The van der Waals surface area contributed by atoms with Crippen LogP contribution in [0.1, 0.15) is 107 Å². The van der Waals surface area contributed by atoms with Crippen molar-refractivity contribution in [2.45, 2.75) is 150 Å². The van der Waals surface area contributed by atoms with Gasteiger partial charge in [-0.3, -0.25) is 19.2 Å². The predicted octanol–water partition coefficient (Wildman–Crippen LogP) is 5.40. The molecular formula is C41H68N4O8S. The van der Waals surface area contributed by atoms with Crippen molar-refractivity contribution in [3.05, 3.63) is 35.9 Å². The van der Waals surface area contributed by atoms with E-state index in [1.807, 2.05) is 64.3 Å². The molecule has 0 aromatic heterocycles. The number of aliphatic hydroxyl groups is 1. The molecule has 8 atom stereocenters. The molecule has 1 heterocycles. The van der Waals surface area contributed by atoms with Gasteiger partial charge in [0.1, 0.15) is 23.8 Å². The predicted molar refractivity (Wildman–Crippen MR) is 214 cm³/mol. The van der Waals surface area contributed by atoms with Gasteiger partial charge in [-0.25, -0.2) is 4.79 Å². The Morgan fingerprint density at radius 2 is 1.54 bits per heavy atom. The van der Waals surface area contributed by atoms with Gasteiger partial charge in [-0.05, 0) is 94.1 Å². The highest BCUT2D eigenvalue weighted by atomic mass is 32.2. The number of nitrogens with one attached hydrogen (secondary N) is 4. The van der Waals surface area contributed by atoms with E-state index in [-0.39, 0.29) is 42.0 Å². The van der Waals surface area contributed by atoms with Gasteiger partial charge in [0.2, 0.25) is 17.7 Å². The van der Waals surface area contributed by atoms with E-state index in [1.54, 1.807) is 41.5 Å². The highest BCUT2D eigenvalue weighted by molar-refractivity contribution is 7.98. The number of rotatable bonds is 20. The number of amides is 4. The molecule has 0 saturated carbocycles. The number of aliphatic hydroxyl groups excluding tert-OH is 1. The number of carbonyl (C=O) groups excluding carboxylic acids is 5. The molecule has 1 fully saturated rings. The maximum absolute atomic E-state index is 13.8. The molecule has 0 bridgehead atoms. The molecule has 13 heteroatoms. The Balaban J connectivity index is 2.13. The van der Waals surface area contributed by atoms with E-state index in [2.05, 4.69) is 21.3 Å². The smallest absolute Gasteiger partial charge is 0.408 e. The molecule has 1 aromatic rings. The van der Waals surface area contributed by atoms with Crippen LogP contribution in [0.15, 0.2) is 30.3 Å². The summed E-state index contributed by atoms with van der Waals surface area (Å²) in [4.78, 5) is 66.1. The normalized spacial score (nSPS) is 19.6. The molecule has 1 aliphatic rings. The van der Waals surface area contributed by atoms with Gasteiger partial charge in [0.05, 0.1) is 18.2 Å². The first kappa shape index (κ1) is 46.8. The van der Waals surface area contributed by atoms with E-state index in [1.165, 1.54) is 11.8 Å². The molecule has 2 rings (SSSR count). The highest BCUT2D eigenvalue weighted by Crippen LogP contribution is 2.29. The fourth-order valence-corrected chi connectivity index (χ4v) is 7.17. The molecule has 4 amide bonds. The Morgan fingerprint density at radius 3 is 2.09 bits per heavy atom. The maximum Gasteiger partial charge on any atom is 0.408 e. The minimum Gasteiger partial charge on any atom is -0.460 e. The third-order valence-electron chi connectivity index (χ3n) is 9.52. The van der Waals surface area contributed by atoms with E-state index in [4.69, 9.17) is 9.47 Å². The van der Waals surface area contributed by atoms with Crippen LogP contribution in [0.2, 0.25) is 0 Å². The summed E-state index contributed by atoms with van der Waals surface area (Å²) in [5.41, 5.74) is 0.402. The van der Waals surface area contributed by atoms with Crippen molar-refractivity contribution in [1.82, 2.24) is 21.3 Å². The summed E-state index contributed by atoms with van der Waals surface area (Å²) >= 11 is 1.53. The van der Waals surface area contributed by atoms with Crippen LogP contribution < -0.4 is 21.3 Å². The van der Waals surface area contributed by atoms with Gasteiger partial charge in [-0.15, -0.1) is 0 Å². The van der Waals surface area contributed by atoms with Gasteiger partial charge in [0.15, 0.2) is 0 Å². The number of esters is 1. The minimum absolute atomic E-state index is 0.0182. The monoisotopic (exact) mass is 776 g/mol. The fourth-order valence-electron chi connectivity index (χ4n) is 6.70. The Labute approximate surface area is 327 Å².